The number of hydrogen-bond acceptors (Lipinski definition) is 3. The highest BCUT2D eigenvalue weighted by atomic mass is 35.5. The van der Waals surface area contributed by atoms with E-state index in [-0.39, 0.29) is 0 Å². The summed E-state index contributed by atoms with van der Waals surface area (Å²) in [6.07, 6.45) is 0. The lowest BCUT2D eigenvalue weighted by Crippen LogP contribution is -2.05. The zero-order valence-corrected chi connectivity index (χ0v) is 11.7. The summed E-state index contributed by atoms with van der Waals surface area (Å²) in [6.45, 7) is 4.43. The Labute approximate surface area is 116 Å². The molecule has 0 amide bonds. The van der Waals surface area contributed by atoms with Gasteiger partial charge in [0.1, 0.15) is 0 Å². The van der Waals surface area contributed by atoms with E-state index in [1.807, 2.05) is 38.1 Å². The second kappa shape index (κ2) is 5.55. The molecule has 1 aromatic heterocycles. The highest BCUT2D eigenvalue weighted by molar-refractivity contribution is 6.31. The van der Waals surface area contributed by atoms with Crippen molar-refractivity contribution in [1.82, 2.24) is 9.97 Å². The Morgan fingerprint density at radius 2 is 1.61 bits per heavy atom. The van der Waals surface area contributed by atoms with E-state index in [1.165, 1.54) is 0 Å². The number of nitrogens with zero attached hydrogens (tertiary/aromatic N) is 2. The SMILES string of the molecule is Cc1nc(Cl)c(NCc2ccc(Cl)cc2)nc1C. The third-order valence-corrected chi connectivity index (χ3v) is 3.15. The van der Waals surface area contributed by atoms with Crippen LogP contribution in [0.15, 0.2) is 24.3 Å². The quantitative estimate of drug-likeness (QED) is 0.924. The highest BCUT2D eigenvalue weighted by Crippen LogP contribution is 2.19. The van der Waals surface area contributed by atoms with Crippen LogP contribution in [-0.2, 0) is 6.54 Å². The van der Waals surface area contributed by atoms with Gasteiger partial charge in [0, 0.05) is 11.6 Å². The maximum atomic E-state index is 6.04. The summed E-state index contributed by atoms with van der Waals surface area (Å²) in [5.74, 6) is 0.606. The minimum absolute atomic E-state index is 0.395. The zero-order valence-electron chi connectivity index (χ0n) is 10.2. The highest BCUT2D eigenvalue weighted by Gasteiger charge is 2.06. The number of halogens is 2. The van der Waals surface area contributed by atoms with Gasteiger partial charge in [-0.25, -0.2) is 9.97 Å². The molecule has 0 radical (unpaired) electrons. The molecule has 0 unspecified atom stereocenters. The molecule has 0 saturated carbocycles. The topological polar surface area (TPSA) is 37.8 Å². The van der Waals surface area contributed by atoms with Crippen LogP contribution < -0.4 is 5.32 Å². The molecule has 5 heteroatoms. The van der Waals surface area contributed by atoms with Crippen LogP contribution in [-0.4, -0.2) is 9.97 Å². The molecule has 2 aromatic rings. The predicted octanol–water partition coefficient (Wildman–Crippen LogP) is 4.01. The van der Waals surface area contributed by atoms with Gasteiger partial charge in [-0.1, -0.05) is 35.3 Å². The Hall–Kier alpha value is -1.32. The lowest BCUT2D eigenvalue weighted by Gasteiger charge is -2.09. The molecular weight excluding hydrogens is 269 g/mol. The molecule has 1 N–H and O–H groups in total. The molecule has 0 aliphatic rings. The third-order valence-electron chi connectivity index (χ3n) is 2.64. The largest absolute Gasteiger partial charge is 0.363 e. The van der Waals surface area contributed by atoms with Gasteiger partial charge in [0.25, 0.3) is 0 Å². The van der Waals surface area contributed by atoms with E-state index in [9.17, 15) is 0 Å². The van der Waals surface area contributed by atoms with Crippen molar-refractivity contribution in [2.24, 2.45) is 0 Å². The van der Waals surface area contributed by atoms with Crippen molar-refractivity contribution in [3.63, 3.8) is 0 Å². The van der Waals surface area contributed by atoms with Crippen molar-refractivity contribution in [2.75, 3.05) is 5.32 Å². The number of nitrogens with one attached hydrogen (secondary N) is 1. The first-order valence-electron chi connectivity index (χ1n) is 5.55. The third kappa shape index (κ3) is 3.12. The van der Waals surface area contributed by atoms with Crippen LogP contribution in [0.2, 0.25) is 10.2 Å². The average Bonchev–Trinajstić information content (AvgIpc) is 2.34. The van der Waals surface area contributed by atoms with Gasteiger partial charge in [-0.2, -0.15) is 0 Å². The van der Waals surface area contributed by atoms with Gasteiger partial charge in [0.05, 0.1) is 11.4 Å². The zero-order chi connectivity index (χ0) is 13.1. The van der Waals surface area contributed by atoms with Crippen LogP contribution in [0.1, 0.15) is 17.0 Å². The molecule has 2 rings (SSSR count). The normalized spacial score (nSPS) is 10.4. The molecule has 3 nitrogen and oxygen atoms in total. The van der Waals surface area contributed by atoms with E-state index in [1.54, 1.807) is 0 Å². The minimum Gasteiger partial charge on any atom is -0.363 e. The minimum atomic E-state index is 0.395. The Balaban J connectivity index is 2.10. The van der Waals surface area contributed by atoms with Crippen molar-refractivity contribution < 1.29 is 0 Å². The molecule has 0 atom stereocenters. The number of aromatic nitrogens is 2. The maximum absolute atomic E-state index is 6.04. The lowest BCUT2D eigenvalue weighted by molar-refractivity contribution is 1.02. The summed E-state index contributed by atoms with van der Waals surface area (Å²) in [7, 11) is 0. The summed E-state index contributed by atoms with van der Waals surface area (Å²) >= 11 is 11.9. The number of rotatable bonds is 3. The molecule has 94 valence electrons. The standard InChI is InChI=1S/C13H13Cl2N3/c1-8-9(2)18-13(12(15)17-8)16-7-10-3-5-11(14)6-4-10/h3-6H,7H2,1-2H3,(H,16,18). The van der Waals surface area contributed by atoms with E-state index in [0.29, 0.717) is 17.5 Å². The Morgan fingerprint density at radius 3 is 2.28 bits per heavy atom. The van der Waals surface area contributed by atoms with E-state index < -0.39 is 0 Å². The number of benzene rings is 1. The fourth-order valence-electron chi connectivity index (χ4n) is 1.48. The molecule has 0 fully saturated rings. The Morgan fingerprint density at radius 1 is 1.00 bits per heavy atom. The van der Waals surface area contributed by atoms with E-state index in [0.717, 1.165) is 22.0 Å². The lowest BCUT2D eigenvalue weighted by atomic mass is 10.2. The smallest absolute Gasteiger partial charge is 0.171 e. The summed E-state index contributed by atoms with van der Waals surface area (Å²) in [5.41, 5.74) is 2.82. The van der Waals surface area contributed by atoms with E-state index in [2.05, 4.69) is 15.3 Å². The Kier molecular flexibility index (Phi) is 4.04. The molecule has 0 aliphatic heterocycles. The van der Waals surface area contributed by atoms with E-state index in [4.69, 9.17) is 23.2 Å². The molecular formula is C13H13Cl2N3. The number of aryl methyl sites for hydroxylation is 2. The van der Waals surface area contributed by atoms with Crippen LogP contribution in [0.3, 0.4) is 0 Å². The van der Waals surface area contributed by atoms with Gasteiger partial charge in [0.15, 0.2) is 11.0 Å². The molecule has 1 heterocycles. The maximum Gasteiger partial charge on any atom is 0.171 e. The van der Waals surface area contributed by atoms with Crippen molar-refractivity contribution in [3.8, 4) is 0 Å². The monoisotopic (exact) mass is 281 g/mol. The molecule has 0 aliphatic carbocycles. The second-order valence-electron chi connectivity index (χ2n) is 4.01. The van der Waals surface area contributed by atoms with Crippen molar-refractivity contribution in [2.45, 2.75) is 20.4 Å². The van der Waals surface area contributed by atoms with Crippen LogP contribution >= 0.6 is 23.2 Å². The van der Waals surface area contributed by atoms with Crippen molar-refractivity contribution in [3.05, 3.63) is 51.4 Å². The average molecular weight is 282 g/mol. The number of hydrogen-bond donors (Lipinski definition) is 1. The second-order valence-corrected chi connectivity index (χ2v) is 4.81. The summed E-state index contributed by atoms with van der Waals surface area (Å²) in [4.78, 5) is 8.59. The van der Waals surface area contributed by atoms with Gasteiger partial charge in [-0.3, -0.25) is 0 Å². The molecule has 18 heavy (non-hydrogen) atoms. The predicted molar refractivity (Wildman–Crippen MR) is 75.3 cm³/mol. The van der Waals surface area contributed by atoms with E-state index >= 15 is 0 Å². The van der Waals surface area contributed by atoms with Crippen LogP contribution in [0.5, 0.6) is 0 Å². The van der Waals surface area contributed by atoms with Crippen LogP contribution in [0, 0.1) is 13.8 Å². The van der Waals surface area contributed by atoms with Gasteiger partial charge in [0.2, 0.25) is 0 Å². The van der Waals surface area contributed by atoms with Gasteiger partial charge < -0.3 is 5.32 Å². The fraction of sp³-hybridized carbons (Fsp3) is 0.231. The first-order chi connectivity index (χ1) is 8.56. The molecule has 0 bridgehead atoms. The van der Waals surface area contributed by atoms with Crippen LogP contribution in [0.4, 0.5) is 5.82 Å². The van der Waals surface area contributed by atoms with Crippen LogP contribution in [0.25, 0.3) is 0 Å². The van der Waals surface area contributed by atoms with Gasteiger partial charge in [-0.15, -0.1) is 0 Å². The molecule has 0 saturated heterocycles. The first kappa shape index (κ1) is 13.1. The summed E-state index contributed by atoms with van der Waals surface area (Å²) in [6, 6.07) is 7.62. The number of anilines is 1. The summed E-state index contributed by atoms with van der Waals surface area (Å²) in [5, 5.41) is 4.29. The summed E-state index contributed by atoms with van der Waals surface area (Å²) < 4.78 is 0. The molecule has 1 aromatic carbocycles. The Bertz CT molecular complexity index is 553. The first-order valence-corrected chi connectivity index (χ1v) is 6.31. The fourth-order valence-corrected chi connectivity index (χ4v) is 1.84. The van der Waals surface area contributed by atoms with Crippen molar-refractivity contribution in [1.29, 1.82) is 0 Å². The van der Waals surface area contributed by atoms with Crippen molar-refractivity contribution >= 4 is 29.0 Å². The van der Waals surface area contributed by atoms with Gasteiger partial charge >= 0.3 is 0 Å². The molecule has 0 spiro atoms. The van der Waals surface area contributed by atoms with Gasteiger partial charge in [-0.05, 0) is 31.5 Å².